The van der Waals surface area contributed by atoms with E-state index in [4.69, 9.17) is 45.1 Å². The molecule has 5 nitrogen and oxygen atoms in total. The predicted octanol–water partition coefficient (Wildman–Crippen LogP) is 2.77. The van der Waals surface area contributed by atoms with Gasteiger partial charge in [0.05, 0.1) is 13.7 Å². The van der Waals surface area contributed by atoms with Crippen molar-refractivity contribution >= 4 is 40.6 Å². The van der Waals surface area contributed by atoms with E-state index in [1.165, 1.54) is 7.11 Å². The molecule has 8 heteroatoms. The molecule has 0 fully saturated rings. The number of alkyl halides is 3. The number of hydrogen-bond donors (Lipinski definition) is 0. The molecule has 0 spiro atoms. The fourth-order valence-corrected chi connectivity index (χ4v) is 0.662. The van der Waals surface area contributed by atoms with Crippen LogP contribution in [0.15, 0.2) is 16.9 Å². The van der Waals surface area contributed by atoms with Crippen molar-refractivity contribution in [1.82, 2.24) is 0 Å². The summed E-state index contributed by atoms with van der Waals surface area (Å²) in [6.07, 6.45) is 0.974. The Morgan fingerprint density at radius 2 is 2.21 bits per heavy atom. The molecule has 0 bridgehead atoms. The lowest BCUT2D eigenvalue weighted by Gasteiger charge is -2.07. The first kappa shape index (κ1) is 13.4. The monoisotopic (exact) mass is 257 g/mol. The molecule has 0 aromatic carbocycles. The number of allylic oxidation sites excluding steroid dienone is 1. The summed E-state index contributed by atoms with van der Waals surface area (Å²) in [6, 6.07) is 0. The number of nitrogens with zero attached hydrogens (tertiary/aromatic N) is 3. The van der Waals surface area contributed by atoms with Crippen LogP contribution in [0, 0.1) is 0 Å². The molecule has 0 aliphatic heterocycles. The van der Waals surface area contributed by atoms with E-state index in [1.807, 2.05) is 0 Å². The third kappa shape index (κ3) is 5.19. The Morgan fingerprint density at radius 3 is 2.57 bits per heavy atom. The highest BCUT2D eigenvalue weighted by atomic mass is 35.6. The van der Waals surface area contributed by atoms with Gasteiger partial charge in [0.2, 0.25) is 5.78 Å². The Balaban J connectivity index is 4.59. The largest absolute Gasteiger partial charge is 0.501 e. The zero-order valence-corrected chi connectivity index (χ0v) is 9.34. The third-order valence-electron chi connectivity index (χ3n) is 1.12. The number of ketones is 1. The second-order valence-corrected chi connectivity index (χ2v) is 4.35. The van der Waals surface area contributed by atoms with Gasteiger partial charge in [0.15, 0.2) is 0 Å². The van der Waals surface area contributed by atoms with Crippen molar-refractivity contribution in [2.75, 3.05) is 13.7 Å². The van der Waals surface area contributed by atoms with Gasteiger partial charge in [-0.1, -0.05) is 39.9 Å². The van der Waals surface area contributed by atoms with Gasteiger partial charge in [-0.3, -0.25) is 4.79 Å². The van der Waals surface area contributed by atoms with Crippen LogP contribution in [-0.2, 0) is 9.53 Å². The SMILES string of the molecule is CO/C(=C/C(=O)C(Cl)(Cl)Cl)CN=[N+]=[N-]. The highest BCUT2D eigenvalue weighted by Gasteiger charge is 2.28. The first-order valence-corrected chi connectivity index (χ1v) is 4.41. The van der Waals surface area contributed by atoms with Gasteiger partial charge in [0, 0.05) is 11.0 Å². The summed E-state index contributed by atoms with van der Waals surface area (Å²) in [4.78, 5) is 13.6. The molecule has 0 N–H and O–H groups in total. The molecule has 14 heavy (non-hydrogen) atoms. The third-order valence-corrected chi connectivity index (χ3v) is 1.68. The molecular weight excluding hydrogens is 252 g/mol. The van der Waals surface area contributed by atoms with Gasteiger partial charge in [0.1, 0.15) is 5.76 Å². The second-order valence-electron chi connectivity index (χ2n) is 2.07. The molecule has 0 atom stereocenters. The summed E-state index contributed by atoms with van der Waals surface area (Å²) in [5, 5.41) is 3.18. The Kier molecular flexibility index (Phi) is 5.72. The maximum absolute atomic E-state index is 11.1. The minimum absolute atomic E-state index is 0.112. The summed E-state index contributed by atoms with van der Waals surface area (Å²) in [6.45, 7) is -0.112. The smallest absolute Gasteiger partial charge is 0.252 e. The van der Waals surface area contributed by atoms with E-state index in [9.17, 15) is 4.79 Å². The molecule has 78 valence electrons. The summed E-state index contributed by atoms with van der Waals surface area (Å²) >= 11 is 15.9. The molecule has 0 saturated carbocycles. The molecule has 0 amide bonds. The highest BCUT2D eigenvalue weighted by Crippen LogP contribution is 2.27. The predicted molar refractivity (Wildman–Crippen MR) is 54.4 cm³/mol. The summed E-state index contributed by atoms with van der Waals surface area (Å²) in [5.74, 6) is -0.633. The lowest BCUT2D eigenvalue weighted by atomic mass is 10.3. The van der Waals surface area contributed by atoms with E-state index < -0.39 is 9.58 Å². The van der Waals surface area contributed by atoms with Crippen molar-refractivity contribution in [1.29, 1.82) is 0 Å². The number of carbonyl (C=O) groups excluding carboxylic acids is 1. The van der Waals surface area contributed by atoms with E-state index in [0.717, 1.165) is 6.08 Å². The average molecular weight is 258 g/mol. The minimum Gasteiger partial charge on any atom is -0.501 e. The van der Waals surface area contributed by atoms with Crippen molar-refractivity contribution in [2.45, 2.75) is 3.79 Å². The highest BCUT2D eigenvalue weighted by molar-refractivity contribution is 6.77. The molecule has 0 aromatic heterocycles. The Bertz CT molecular complexity index is 291. The van der Waals surface area contributed by atoms with Crippen molar-refractivity contribution < 1.29 is 9.53 Å². The lowest BCUT2D eigenvalue weighted by molar-refractivity contribution is -0.114. The van der Waals surface area contributed by atoms with Crippen LogP contribution in [0.2, 0.25) is 0 Å². The van der Waals surface area contributed by atoms with Gasteiger partial charge in [-0.25, -0.2) is 0 Å². The number of carbonyl (C=O) groups is 1. The zero-order valence-electron chi connectivity index (χ0n) is 7.08. The average Bonchev–Trinajstić information content (AvgIpc) is 2.10. The van der Waals surface area contributed by atoms with Crippen LogP contribution in [0.4, 0.5) is 0 Å². The zero-order chi connectivity index (χ0) is 11.2. The maximum Gasteiger partial charge on any atom is 0.252 e. The van der Waals surface area contributed by atoms with Gasteiger partial charge in [-0.15, -0.1) is 0 Å². The fourth-order valence-electron chi connectivity index (χ4n) is 0.498. The van der Waals surface area contributed by atoms with Gasteiger partial charge in [0.25, 0.3) is 3.79 Å². The van der Waals surface area contributed by atoms with Gasteiger partial charge in [-0.2, -0.15) is 0 Å². The first-order valence-electron chi connectivity index (χ1n) is 3.28. The van der Waals surface area contributed by atoms with Crippen LogP contribution in [-0.4, -0.2) is 23.2 Å². The number of azide groups is 1. The summed E-state index contributed by atoms with van der Waals surface area (Å²) in [7, 11) is 1.31. The van der Waals surface area contributed by atoms with E-state index >= 15 is 0 Å². The van der Waals surface area contributed by atoms with Crippen LogP contribution < -0.4 is 0 Å². The van der Waals surface area contributed by atoms with E-state index in [-0.39, 0.29) is 12.3 Å². The molecular formula is C6H6Cl3N3O2. The molecule has 0 rings (SSSR count). The number of methoxy groups -OCH3 is 1. The quantitative estimate of drug-likeness (QED) is 0.194. The van der Waals surface area contributed by atoms with Gasteiger partial charge >= 0.3 is 0 Å². The van der Waals surface area contributed by atoms with Crippen molar-refractivity contribution in [3.63, 3.8) is 0 Å². The van der Waals surface area contributed by atoms with Crippen LogP contribution in [0.25, 0.3) is 10.4 Å². The van der Waals surface area contributed by atoms with Crippen molar-refractivity contribution in [3.8, 4) is 0 Å². The van der Waals surface area contributed by atoms with E-state index in [1.54, 1.807) is 0 Å². The maximum atomic E-state index is 11.1. The molecule has 0 aliphatic carbocycles. The first-order chi connectivity index (χ1) is 6.41. The molecule has 0 radical (unpaired) electrons. The van der Waals surface area contributed by atoms with Gasteiger partial charge < -0.3 is 4.74 Å². The van der Waals surface area contributed by atoms with Gasteiger partial charge in [-0.05, 0) is 5.53 Å². The molecule has 0 heterocycles. The fraction of sp³-hybridized carbons (Fsp3) is 0.500. The number of hydrogen-bond acceptors (Lipinski definition) is 3. The van der Waals surface area contributed by atoms with Crippen LogP contribution >= 0.6 is 34.8 Å². The topological polar surface area (TPSA) is 75.1 Å². The molecule has 0 unspecified atom stereocenters. The van der Waals surface area contributed by atoms with Crippen LogP contribution in [0.5, 0.6) is 0 Å². The lowest BCUT2D eigenvalue weighted by Crippen LogP contribution is -2.17. The van der Waals surface area contributed by atoms with Crippen molar-refractivity contribution in [2.24, 2.45) is 5.11 Å². The van der Waals surface area contributed by atoms with E-state index in [2.05, 4.69) is 10.0 Å². The molecule has 0 saturated heterocycles. The number of halogens is 3. The number of ether oxygens (including phenoxy) is 1. The Hall–Kier alpha value is -0.610. The normalized spacial score (nSPS) is 11.9. The second kappa shape index (κ2) is 5.98. The minimum atomic E-state index is -2.03. The molecule has 0 aromatic rings. The standard InChI is InChI=1S/C6H6Cl3N3O2/c1-14-4(3-11-12-10)2-5(13)6(7,8)9/h2H,3H2,1H3/b4-2+. The van der Waals surface area contributed by atoms with E-state index in [0.29, 0.717) is 0 Å². The summed E-state index contributed by atoms with van der Waals surface area (Å²) < 4.78 is 2.69. The van der Waals surface area contributed by atoms with Crippen LogP contribution in [0.3, 0.4) is 0 Å². The van der Waals surface area contributed by atoms with Crippen LogP contribution in [0.1, 0.15) is 0 Å². The number of rotatable bonds is 4. The van der Waals surface area contributed by atoms with Crippen molar-refractivity contribution in [3.05, 3.63) is 22.3 Å². The Morgan fingerprint density at radius 1 is 1.64 bits per heavy atom. The summed E-state index contributed by atoms with van der Waals surface area (Å²) in [5.41, 5.74) is 8.02. The molecule has 0 aliphatic rings. The Labute approximate surface area is 95.2 Å².